The quantitative estimate of drug-likeness (QED) is 0.883. The second kappa shape index (κ2) is 7.74. The van der Waals surface area contributed by atoms with Crippen LogP contribution in [0.4, 0.5) is 0 Å². The van der Waals surface area contributed by atoms with E-state index in [9.17, 15) is 4.79 Å². The first-order valence-corrected chi connectivity index (χ1v) is 7.82. The minimum Gasteiger partial charge on any atom is -0.350 e. The highest BCUT2D eigenvalue weighted by Gasteiger charge is 2.15. The minimum atomic E-state index is -0.156. The van der Waals surface area contributed by atoms with Crippen molar-refractivity contribution < 1.29 is 4.79 Å². The molecule has 2 aromatic rings. The number of hydrogen-bond donors (Lipinski definition) is 1. The maximum absolute atomic E-state index is 12.2. The predicted octanol–water partition coefficient (Wildman–Crippen LogP) is 3.70. The van der Waals surface area contributed by atoms with Gasteiger partial charge in [-0.05, 0) is 42.5 Å². The van der Waals surface area contributed by atoms with Crippen molar-refractivity contribution in [2.24, 2.45) is 5.92 Å². The fraction of sp³-hybridized carbons (Fsp3) is 0.368. The van der Waals surface area contributed by atoms with E-state index in [1.807, 2.05) is 25.1 Å². The summed E-state index contributed by atoms with van der Waals surface area (Å²) in [6.07, 6.45) is 2.80. The number of hydrogen-bond acceptors (Lipinski definition) is 2. The lowest BCUT2D eigenvalue weighted by atomic mass is 9.96. The Balaban J connectivity index is 1.92. The Morgan fingerprint density at radius 3 is 2.41 bits per heavy atom. The monoisotopic (exact) mass is 296 g/mol. The first-order chi connectivity index (χ1) is 10.6. The zero-order valence-electron chi connectivity index (χ0n) is 13.5. The molecule has 1 aromatic heterocycles. The van der Waals surface area contributed by atoms with E-state index in [1.54, 1.807) is 6.20 Å². The highest BCUT2D eigenvalue weighted by Crippen LogP contribution is 2.17. The van der Waals surface area contributed by atoms with Crippen LogP contribution in [0.15, 0.2) is 48.7 Å². The number of aromatic nitrogens is 1. The maximum Gasteiger partial charge on any atom is 0.227 e. The van der Waals surface area contributed by atoms with Crippen molar-refractivity contribution in [3.05, 3.63) is 65.5 Å². The Bertz CT molecular complexity index is 591. The van der Waals surface area contributed by atoms with Gasteiger partial charge in [-0.25, -0.2) is 0 Å². The Morgan fingerprint density at radius 1 is 1.09 bits per heavy atom. The first-order valence-electron chi connectivity index (χ1n) is 7.82. The van der Waals surface area contributed by atoms with Crippen LogP contribution in [-0.2, 0) is 17.8 Å². The van der Waals surface area contributed by atoms with Crippen LogP contribution in [0, 0.1) is 5.92 Å². The van der Waals surface area contributed by atoms with Crippen molar-refractivity contribution >= 4 is 5.91 Å². The van der Waals surface area contributed by atoms with Crippen LogP contribution >= 0.6 is 0 Å². The molecule has 116 valence electrons. The molecule has 3 heteroatoms. The van der Waals surface area contributed by atoms with Gasteiger partial charge in [0.2, 0.25) is 5.91 Å². The van der Waals surface area contributed by atoms with E-state index in [2.05, 4.69) is 48.4 Å². The zero-order valence-corrected chi connectivity index (χ0v) is 13.5. The summed E-state index contributed by atoms with van der Waals surface area (Å²) >= 11 is 0. The van der Waals surface area contributed by atoms with Crippen molar-refractivity contribution in [3.63, 3.8) is 0 Å². The van der Waals surface area contributed by atoms with Gasteiger partial charge in [-0.2, -0.15) is 0 Å². The van der Waals surface area contributed by atoms with E-state index in [0.717, 1.165) is 17.7 Å². The Morgan fingerprint density at radius 2 is 1.82 bits per heavy atom. The average Bonchev–Trinajstić information content (AvgIpc) is 2.53. The third-order valence-corrected chi connectivity index (χ3v) is 3.69. The molecule has 1 N–H and O–H groups in total. The molecule has 0 bridgehead atoms. The molecule has 0 aliphatic heterocycles. The summed E-state index contributed by atoms with van der Waals surface area (Å²) in [6, 6.07) is 14.1. The molecular weight excluding hydrogens is 272 g/mol. The second-order valence-corrected chi connectivity index (χ2v) is 6.10. The van der Waals surface area contributed by atoms with E-state index >= 15 is 0 Å². The topological polar surface area (TPSA) is 42.0 Å². The summed E-state index contributed by atoms with van der Waals surface area (Å²) in [7, 11) is 0. The molecule has 0 aliphatic rings. The van der Waals surface area contributed by atoms with Gasteiger partial charge in [0.25, 0.3) is 0 Å². The first kappa shape index (κ1) is 16.2. The van der Waals surface area contributed by atoms with E-state index in [4.69, 9.17) is 0 Å². The standard InChI is InChI=1S/C19H24N2O/c1-14(2)12-16-7-9-17(10-8-16)15(3)19(22)21-13-18-6-4-5-11-20-18/h4-11,14-15H,12-13H2,1-3H3,(H,21,22)/t15-/m1/s1. The normalized spacial score (nSPS) is 12.2. The highest BCUT2D eigenvalue weighted by molar-refractivity contribution is 5.83. The molecule has 0 saturated heterocycles. The number of carbonyl (C=O) groups excluding carboxylic acids is 1. The molecule has 1 heterocycles. The molecule has 0 radical (unpaired) electrons. The lowest BCUT2D eigenvalue weighted by Crippen LogP contribution is -2.27. The minimum absolute atomic E-state index is 0.0299. The van der Waals surface area contributed by atoms with Gasteiger partial charge < -0.3 is 5.32 Å². The SMILES string of the molecule is CC(C)Cc1ccc([C@@H](C)C(=O)NCc2ccccn2)cc1. The fourth-order valence-electron chi connectivity index (χ4n) is 2.40. The number of benzene rings is 1. The summed E-state index contributed by atoms with van der Waals surface area (Å²) in [5, 5.41) is 2.94. The van der Waals surface area contributed by atoms with E-state index in [0.29, 0.717) is 12.5 Å². The van der Waals surface area contributed by atoms with Crippen LogP contribution in [0.2, 0.25) is 0 Å². The molecule has 0 fully saturated rings. The number of rotatable bonds is 6. The lowest BCUT2D eigenvalue weighted by Gasteiger charge is -2.13. The van der Waals surface area contributed by atoms with Gasteiger partial charge in [0.15, 0.2) is 0 Å². The molecule has 0 aliphatic carbocycles. The third-order valence-electron chi connectivity index (χ3n) is 3.69. The van der Waals surface area contributed by atoms with Crippen molar-refractivity contribution in [2.75, 3.05) is 0 Å². The van der Waals surface area contributed by atoms with Crippen molar-refractivity contribution in [2.45, 2.75) is 39.7 Å². The van der Waals surface area contributed by atoms with Gasteiger partial charge >= 0.3 is 0 Å². The molecule has 1 amide bonds. The Labute approximate surface area is 132 Å². The van der Waals surface area contributed by atoms with Gasteiger partial charge in [-0.3, -0.25) is 9.78 Å². The molecule has 1 aromatic carbocycles. The lowest BCUT2D eigenvalue weighted by molar-refractivity contribution is -0.122. The highest BCUT2D eigenvalue weighted by atomic mass is 16.1. The molecule has 1 atom stereocenters. The third kappa shape index (κ3) is 4.69. The van der Waals surface area contributed by atoms with Crippen LogP contribution in [0.1, 0.15) is 43.5 Å². The van der Waals surface area contributed by atoms with Crippen LogP contribution < -0.4 is 5.32 Å². The molecular formula is C19H24N2O. The largest absolute Gasteiger partial charge is 0.350 e. The van der Waals surface area contributed by atoms with Gasteiger partial charge in [0, 0.05) is 6.20 Å². The smallest absolute Gasteiger partial charge is 0.227 e. The molecule has 0 spiro atoms. The van der Waals surface area contributed by atoms with Crippen LogP contribution in [0.3, 0.4) is 0 Å². The van der Waals surface area contributed by atoms with E-state index in [1.165, 1.54) is 5.56 Å². The van der Waals surface area contributed by atoms with Gasteiger partial charge in [0.1, 0.15) is 0 Å². The second-order valence-electron chi connectivity index (χ2n) is 6.10. The predicted molar refractivity (Wildman–Crippen MR) is 89.5 cm³/mol. The molecule has 2 rings (SSSR count). The van der Waals surface area contributed by atoms with E-state index in [-0.39, 0.29) is 11.8 Å². The van der Waals surface area contributed by atoms with Crippen LogP contribution in [0.5, 0.6) is 0 Å². The number of nitrogens with zero attached hydrogens (tertiary/aromatic N) is 1. The Kier molecular flexibility index (Phi) is 5.70. The molecule has 3 nitrogen and oxygen atoms in total. The summed E-state index contributed by atoms with van der Waals surface area (Å²) in [5.74, 6) is 0.518. The zero-order chi connectivity index (χ0) is 15.9. The number of amides is 1. The Hall–Kier alpha value is -2.16. The van der Waals surface area contributed by atoms with Crippen LogP contribution in [-0.4, -0.2) is 10.9 Å². The number of nitrogens with one attached hydrogen (secondary N) is 1. The molecule has 0 saturated carbocycles. The van der Waals surface area contributed by atoms with Crippen molar-refractivity contribution in [3.8, 4) is 0 Å². The molecule has 22 heavy (non-hydrogen) atoms. The van der Waals surface area contributed by atoms with Gasteiger partial charge in [0.05, 0.1) is 18.2 Å². The van der Waals surface area contributed by atoms with E-state index < -0.39 is 0 Å². The summed E-state index contributed by atoms with van der Waals surface area (Å²) in [4.78, 5) is 16.4. The van der Waals surface area contributed by atoms with Crippen LogP contribution in [0.25, 0.3) is 0 Å². The fourth-order valence-corrected chi connectivity index (χ4v) is 2.40. The average molecular weight is 296 g/mol. The van der Waals surface area contributed by atoms with Crippen molar-refractivity contribution in [1.82, 2.24) is 10.3 Å². The molecule has 0 unspecified atom stereocenters. The summed E-state index contributed by atoms with van der Waals surface area (Å²) in [6.45, 7) is 6.82. The number of pyridine rings is 1. The summed E-state index contributed by atoms with van der Waals surface area (Å²) < 4.78 is 0. The van der Waals surface area contributed by atoms with Gasteiger partial charge in [-0.1, -0.05) is 44.2 Å². The number of carbonyl (C=O) groups is 1. The van der Waals surface area contributed by atoms with Gasteiger partial charge in [-0.15, -0.1) is 0 Å². The van der Waals surface area contributed by atoms with Crippen molar-refractivity contribution in [1.29, 1.82) is 0 Å². The maximum atomic E-state index is 12.2. The summed E-state index contributed by atoms with van der Waals surface area (Å²) in [5.41, 5.74) is 3.24.